The summed E-state index contributed by atoms with van der Waals surface area (Å²) in [4.78, 5) is 0. The van der Waals surface area contributed by atoms with E-state index >= 15 is 0 Å². The molecule has 3 aromatic rings. The number of nitrogens with one attached hydrogen (secondary N) is 1. The van der Waals surface area contributed by atoms with Gasteiger partial charge in [-0.05, 0) is 55.8 Å². The Kier molecular flexibility index (Phi) is 3.87. The van der Waals surface area contributed by atoms with Crippen LogP contribution >= 0.6 is 15.9 Å². The number of aryl methyl sites for hydroxylation is 2. The number of hydrogen-bond donors (Lipinski definition) is 1. The molecule has 108 valence electrons. The molecule has 1 atom stereocenters. The maximum absolute atomic E-state index is 6.12. The Labute approximate surface area is 133 Å². The Morgan fingerprint density at radius 1 is 1.05 bits per heavy atom. The summed E-state index contributed by atoms with van der Waals surface area (Å²) in [5.74, 6) is 0.947. The summed E-state index contributed by atoms with van der Waals surface area (Å²) in [6.45, 7) is 4.20. The normalized spacial score (nSPS) is 12.8. The zero-order chi connectivity index (χ0) is 15.0. The predicted molar refractivity (Wildman–Crippen MR) is 90.7 cm³/mol. The lowest BCUT2D eigenvalue weighted by molar-refractivity contribution is 0.489. The number of para-hydroxylation sites is 1. The average Bonchev–Trinajstić information content (AvgIpc) is 2.89. The van der Waals surface area contributed by atoms with Crippen LogP contribution < -0.4 is 5.32 Å². The van der Waals surface area contributed by atoms with Crippen molar-refractivity contribution in [1.29, 1.82) is 0 Å². The molecule has 0 saturated heterocycles. The number of hydrogen-bond acceptors (Lipinski definition) is 2. The summed E-state index contributed by atoms with van der Waals surface area (Å²) in [5.41, 5.74) is 4.61. The predicted octanol–water partition coefficient (Wildman–Crippen LogP) is 5.12. The molecule has 3 heteroatoms. The van der Waals surface area contributed by atoms with Crippen molar-refractivity contribution in [2.24, 2.45) is 0 Å². The Bertz CT molecular complexity index is 791. The van der Waals surface area contributed by atoms with E-state index < -0.39 is 0 Å². The van der Waals surface area contributed by atoms with Gasteiger partial charge in [-0.25, -0.2) is 0 Å². The van der Waals surface area contributed by atoms with Crippen molar-refractivity contribution in [3.05, 3.63) is 69.4 Å². The molecular weight excluding hydrogens is 326 g/mol. The lowest BCUT2D eigenvalue weighted by Gasteiger charge is -2.17. The van der Waals surface area contributed by atoms with E-state index in [2.05, 4.69) is 77.6 Å². The third kappa shape index (κ3) is 2.63. The molecule has 1 heterocycles. The van der Waals surface area contributed by atoms with Gasteiger partial charge < -0.3 is 9.73 Å². The summed E-state index contributed by atoms with van der Waals surface area (Å²) in [7, 11) is 1.96. The topological polar surface area (TPSA) is 25.2 Å². The van der Waals surface area contributed by atoms with Crippen LogP contribution in [0.25, 0.3) is 11.0 Å². The first-order valence-corrected chi connectivity index (χ1v) is 7.82. The highest BCUT2D eigenvalue weighted by Gasteiger charge is 2.19. The summed E-state index contributed by atoms with van der Waals surface area (Å²) >= 11 is 3.55. The van der Waals surface area contributed by atoms with Crippen molar-refractivity contribution >= 4 is 26.9 Å². The van der Waals surface area contributed by atoms with Crippen molar-refractivity contribution in [3.63, 3.8) is 0 Å². The van der Waals surface area contributed by atoms with E-state index in [1.807, 2.05) is 7.05 Å². The molecule has 0 spiro atoms. The van der Waals surface area contributed by atoms with Gasteiger partial charge in [-0.3, -0.25) is 0 Å². The van der Waals surface area contributed by atoms with Gasteiger partial charge >= 0.3 is 0 Å². The van der Waals surface area contributed by atoms with Gasteiger partial charge in [-0.1, -0.05) is 40.2 Å². The van der Waals surface area contributed by atoms with E-state index in [1.54, 1.807) is 0 Å². The molecule has 1 aromatic heterocycles. The van der Waals surface area contributed by atoms with Crippen molar-refractivity contribution in [2.45, 2.75) is 19.9 Å². The number of fused-ring (bicyclic) bond motifs is 1. The van der Waals surface area contributed by atoms with Crippen LogP contribution in [0.5, 0.6) is 0 Å². The summed E-state index contributed by atoms with van der Waals surface area (Å²) in [6, 6.07) is 14.8. The van der Waals surface area contributed by atoms with Crippen LogP contribution in [0.4, 0.5) is 0 Å². The van der Waals surface area contributed by atoms with Gasteiger partial charge in [0.05, 0.1) is 6.04 Å². The SMILES string of the molecule is CNC(c1cc2cccc(C)c2o1)c1cc(Br)ccc1C. The zero-order valence-corrected chi connectivity index (χ0v) is 14.0. The summed E-state index contributed by atoms with van der Waals surface area (Å²) in [6.07, 6.45) is 0. The maximum atomic E-state index is 6.12. The van der Waals surface area contributed by atoms with Gasteiger partial charge in [-0.15, -0.1) is 0 Å². The molecular formula is C18H18BrNO. The largest absolute Gasteiger partial charge is 0.459 e. The molecule has 0 aliphatic carbocycles. The van der Waals surface area contributed by atoms with Crippen molar-refractivity contribution in [1.82, 2.24) is 5.32 Å². The van der Waals surface area contributed by atoms with E-state index in [0.717, 1.165) is 21.2 Å². The minimum absolute atomic E-state index is 0.0503. The van der Waals surface area contributed by atoms with Gasteiger partial charge in [0.25, 0.3) is 0 Å². The zero-order valence-electron chi connectivity index (χ0n) is 12.4. The number of halogens is 1. The lowest BCUT2D eigenvalue weighted by Crippen LogP contribution is -2.18. The van der Waals surface area contributed by atoms with Crippen LogP contribution in [0.2, 0.25) is 0 Å². The Morgan fingerprint density at radius 3 is 2.57 bits per heavy atom. The fraction of sp³-hybridized carbons (Fsp3) is 0.222. The van der Waals surface area contributed by atoms with Gasteiger partial charge in [0.2, 0.25) is 0 Å². The quantitative estimate of drug-likeness (QED) is 0.713. The third-order valence-electron chi connectivity index (χ3n) is 3.89. The van der Waals surface area contributed by atoms with Gasteiger partial charge in [0.15, 0.2) is 0 Å². The molecule has 1 N–H and O–H groups in total. The summed E-state index contributed by atoms with van der Waals surface area (Å²) < 4.78 is 7.20. The van der Waals surface area contributed by atoms with Crippen LogP contribution in [0, 0.1) is 13.8 Å². The van der Waals surface area contributed by atoms with Crippen LogP contribution in [-0.2, 0) is 0 Å². The first kappa shape index (κ1) is 14.4. The molecule has 0 aliphatic heterocycles. The van der Waals surface area contributed by atoms with E-state index in [1.165, 1.54) is 16.7 Å². The highest BCUT2D eigenvalue weighted by atomic mass is 79.9. The van der Waals surface area contributed by atoms with E-state index in [4.69, 9.17) is 4.42 Å². The van der Waals surface area contributed by atoms with Crippen LogP contribution in [0.15, 0.2) is 51.4 Å². The number of benzene rings is 2. The fourth-order valence-corrected chi connectivity index (χ4v) is 3.12. The first-order valence-electron chi connectivity index (χ1n) is 7.02. The lowest BCUT2D eigenvalue weighted by atomic mass is 9.99. The first-order chi connectivity index (χ1) is 10.1. The minimum atomic E-state index is 0.0503. The van der Waals surface area contributed by atoms with Crippen molar-refractivity contribution < 1.29 is 4.42 Å². The van der Waals surface area contributed by atoms with Crippen LogP contribution in [0.1, 0.15) is 28.5 Å². The molecule has 21 heavy (non-hydrogen) atoms. The standard InChI is InChI=1S/C18H18BrNO/c1-11-7-8-14(19)10-15(11)17(20-3)16-9-13-6-4-5-12(2)18(13)21-16/h4-10,17,20H,1-3H3. The number of rotatable bonds is 3. The maximum Gasteiger partial charge on any atom is 0.137 e. The van der Waals surface area contributed by atoms with E-state index in [9.17, 15) is 0 Å². The molecule has 0 aliphatic rings. The van der Waals surface area contributed by atoms with Gasteiger partial charge in [0.1, 0.15) is 11.3 Å². The second kappa shape index (κ2) is 5.66. The van der Waals surface area contributed by atoms with Gasteiger partial charge in [0, 0.05) is 9.86 Å². The van der Waals surface area contributed by atoms with Crippen LogP contribution in [0.3, 0.4) is 0 Å². The minimum Gasteiger partial charge on any atom is -0.459 e. The Morgan fingerprint density at radius 2 is 1.86 bits per heavy atom. The Hall–Kier alpha value is -1.58. The third-order valence-corrected chi connectivity index (χ3v) is 4.38. The van der Waals surface area contributed by atoms with E-state index in [-0.39, 0.29) is 6.04 Å². The average molecular weight is 344 g/mol. The van der Waals surface area contributed by atoms with Gasteiger partial charge in [-0.2, -0.15) is 0 Å². The molecule has 0 fully saturated rings. The molecule has 0 amide bonds. The molecule has 1 unspecified atom stereocenters. The smallest absolute Gasteiger partial charge is 0.137 e. The Balaban J connectivity index is 2.13. The van der Waals surface area contributed by atoms with Crippen molar-refractivity contribution in [3.8, 4) is 0 Å². The number of furan rings is 1. The summed E-state index contributed by atoms with van der Waals surface area (Å²) in [5, 5.41) is 4.52. The molecule has 2 aromatic carbocycles. The van der Waals surface area contributed by atoms with Crippen LogP contribution in [-0.4, -0.2) is 7.05 Å². The molecule has 3 rings (SSSR count). The highest BCUT2D eigenvalue weighted by molar-refractivity contribution is 9.10. The second-order valence-corrected chi connectivity index (χ2v) is 6.28. The monoisotopic (exact) mass is 343 g/mol. The fourth-order valence-electron chi connectivity index (χ4n) is 2.74. The molecule has 0 bridgehead atoms. The molecule has 2 nitrogen and oxygen atoms in total. The molecule has 0 saturated carbocycles. The van der Waals surface area contributed by atoms with Crippen molar-refractivity contribution in [2.75, 3.05) is 7.05 Å². The highest BCUT2D eigenvalue weighted by Crippen LogP contribution is 2.32. The second-order valence-electron chi connectivity index (χ2n) is 5.36. The van der Waals surface area contributed by atoms with E-state index in [0.29, 0.717) is 0 Å². The molecule has 0 radical (unpaired) electrons.